The maximum atomic E-state index is 13.3. The normalized spacial score (nSPS) is 17.5. The van der Waals surface area contributed by atoms with Crippen molar-refractivity contribution in [3.63, 3.8) is 0 Å². The molecule has 1 aromatic heterocycles. The van der Waals surface area contributed by atoms with Gasteiger partial charge in [0.1, 0.15) is 11.5 Å². The lowest BCUT2D eigenvalue weighted by atomic mass is 9.92. The molecule has 1 aliphatic rings. The van der Waals surface area contributed by atoms with E-state index in [1.165, 1.54) is 0 Å². The lowest BCUT2D eigenvalue weighted by Crippen LogP contribution is -2.32. The van der Waals surface area contributed by atoms with Crippen molar-refractivity contribution in [3.05, 3.63) is 63.5 Å². The number of nitrogens with one attached hydrogen (secondary N) is 1. The molecule has 0 spiro atoms. The first-order valence-electron chi connectivity index (χ1n) is 12.4. The van der Waals surface area contributed by atoms with Gasteiger partial charge in [-0.15, -0.1) is 0 Å². The first-order chi connectivity index (χ1) is 17.0. The summed E-state index contributed by atoms with van der Waals surface area (Å²) in [6.07, 6.45) is 0.676. The van der Waals surface area contributed by atoms with Crippen LogP contribution in [-0.4, -0.2) is 71.3 Å². The Kier molecular flexibility index (Phi) is 8.40. The van der Waals surface area contributed by atoms with E-state index in [0.29, 0.717) is 35.7 Å². The molecule has 8 heteroatoms. The van der Waals surface area contributed by atoms with Crippen molar-refractivity contribution in [1.82, 2.24) is 14.8 Å². The summed E-state index contributed by atoms with van der Waals surface area (Å²) in [6, 6.07) is 7.09. The van der Waals surface area contributed by atoms with Crippen LogP contribution in [0.3, 0.4) is 0 Å². The molecule has 2 heterocycles. The molecule has 194 valence electrons. The van der Waals surface area contributed by atoms with Gasteiger partial charge in [0.25, 0.3) is 11.7 Å². The Morgan fingerprint density at radius 2 is 1.81 bits per heavy atom. The minimum absolute atomic E-state index is 0.0303. The second-order valence-corrected chi connectivity index (χ2v) is 9.82. The largest absolute Gasteiger partial charge is 0.507 e. The predicted octanol–water partition coefficient (Wildman–Crippen LogP) is 4.31. The van der Waals surface area contributed by atoms with Gasteiger partial charge < -0.3 is 24.6 Å². The van der Waals surface area contributed by atoms with E-state index in [9.17, 15) is 19.5 Å². The number of nitrogens with zero attached hydrogens (tertiary/aromatic N) is 2. The van der Waals surface area contributed by atoms with Crippen LogP contribution in [0.15, 0.2) is 29.8 Å². The second-order valence-electron chi connectivity index (χ2n) is 9.82. The van der Waals surface area contributed by atoms with E-state index >= 15 is 0 Å². The van der Waals surface area contributed by atoms with Gasteiger partial charge in [-0.2, -0.15) is 0 Å². The number of aliphatic hydroxyl groups excluding tert-OH is 1. The third-order valence-electron chi connectivity index (χ3n) is 6.62. The first kappa shape index (κ1) is 27.2. The Morgan fingerprint density at radius 3 is 2.36 bits per heavy atom. The Balaban J connectivity index is 2.16. The second kappa shape index (κ2) is 11.1. The third kappa shape index (κ3) is 5.23. The fourth-order valence-electron chi connectivity index (χ4n) is 4.72. The lowest BCUT2D eigenvalue weighted by Gasteiger charge is -2.26. The molecule has 2 aromatic rings. The Morgan fingerprint density at radius 1 is 1.17 bits per heavy atom. The highest BCUT2D eigenvalue weighted by Gasteiger charge is 2.46. The van der Waals surface area contributed by atoms with E-state index in [-0.39, 0.29) is 23.6 Å². The Bertz CT molecular complexity index is 1170. The number of H-pyrrole nitrogens is 1. The monoisotopic (exact) mass is 495 g/mol. The number of carbonyl (C=O) groups excluding carboxylic acids is 3. The van der Waals surface area contributed by atoms with Crippen LogP contribution >= 0.6 is 0 Å². The molecule has 1 atom stereocenters. The van der Waals surface area contributed by atoms with Gasteiger partial charge in [-0.1, -0.05) is 38.1 Å². The zero-order valence-corrected chi connectivity index (χ0v) is 22.3. The van der Waals surface area contributed by atoms with Gasteiger partial charge >= 0.3 is 5.97 Å². The molecule has 36 heavy (non-hydrogen) atoms. The number of Topliss-reactive ketones (excluding diaryl/α,β-unsaturated/α-hetero) is 1. The molecular formula is C28H37N3O5. The minimum Gasteiger partial charge on any atom is -0.507 e. The van der Waals surface area contributed by atoms with Crippen LogP contribution in [-0.2, 0) is 14.3 Å². The number of esters is 1. The molecule has 3 rings (SSSR count). The zero-order chi connectivity index (χ0) is 26.7. The molecule has 0 radical (unpaired) electrons. The van der Waals surface area contributed by atoms with Crippen molar-refractivity contribution in [2.75, 3.05) is 33.8 Å². The summed E-state index contributed by atoms with van der Waals surface area (Å²) in [5, 5.41) is 11.5. The highest BCUT2D eigenvalue weighted by Crippen LogP contribution is 2.41. The fraction of sp³-hybridized carbons (Fsp3) is 0.464. The lowest BCUT2D eigenvalue weighted by molar-refractivity contribution is -0.139. The van der Waals surface area contributed by atoms with E-state index in [0.717, 1.165) is 17.7 Å². The molecule has 1 amide bonds. The number of rotatable bonds is 9. The summed E-state index contributed by atoms with van der Waals surface area (Å²) in [4.78, 5) is 45.5. The molecule has 8 nitrogen and oxygen atoms in total. The predicted molar refractivity (Wildman–Crippen MR) is 139 cm³/mol. The molecule has 1 fully saturated rings. The van der Waals surface area contributed by atoms with Gasteiger partial charge in [0, 0.05) is 17.8 Å². The van der Waals surface area contributed by atoms with E-state index < -0.39 is 23.7 Å². The average Bonchev–Trinajstić information content (AvgIpc) is 3.26. The van der Waals surface area contributed by atoms with Crippen LogP contribution in [0, 0.1) is 13.8 Å². The number of aryl methyl sites for hydroxylation is 1. The van der Waals surface area contributed by atoms with E-state index in [2.05, 4.69) is 18.8 Å². The third-order valence-corrected chi connectivity index (χ3v) is 6.62. The molecule has 1 saturated heterocycles. The van der Waals surface area contributed by atoms with Gasteiger partial charge in [0.15, 0.2) is 0 Å². The van der Waals surface area contributed by atoms with Crippen molar-refractivity contribution in [2.24, 2.45) is 0 Å². The Hall–Kier alpha value is -3.39. The smallest absolute Gasteiger partial charge is 0.355 e. The van der Waals surface area contributed by atoms with E-state index in [4.69, 9.17) is 4.74 Å². The number of ketones is 1. The van der Waals surface area contributed by atoms with Crippen LogP contribution in [0.2, 0.25) is 0 Å². The zero-order valence-electron chi connectivity index (χ0n) is 22.3. The molecular weight excluding hydrogens is 458 g/mol. The minimum atomic E-state index is -0.729. The number of likely N-dealkylation sites (tertiary alicyclic amines) is 1. The number of aliphatic hydroxyl groups is 1. The first-order valence-corrected chi connectivity index (χ1v) is 12.4. The number of aromatic amines is 1. The summed E-state index contributed by atoms with van der Waals surface area (Å²) in [7, 11) is 3.91. The molecule has 0 aliphatic carbocycles. The van der Waals surface area contributed by atoms with Crippen LogP contribution in [0.1, 0.15) is 77.6 Å². The van der Waals surface area contributed by atoms with Crippen molar-refractivity contribution in [2.45, 2.75) is 53.0 Å². The highest BCUT2D eigenvalue weighted by molar-refractivity contribution is 6.46. The van der Waals surface area contributed by atoms with E-state index in [1.54, 1.807) is 25.7 Å². The number of hydrogen-bond donors (Lipinski definition) is 2. The standard InChI is InChI=1S/C28H37N3O5/c1-8-36-28(35)23-17(4)21(18(5)29-23)25(32)22-24(20-12-10-19(11-13-20)16(2)3)31(27(34)26(22)33)15-9-14-30(6)7/h10-13,16,24,29,32H,8-9,14-15H2,1-7H3/t24-/m1/s1. The number of amides is 1. The van der Waals surface area contributed by atoms with Crippen LogP contribution in [0.5, 0.6) is 0 Å². The van der Waals surface area contributed by atoms with Crippen molar-refractivity contribution in [3.8, 4) is 0 Å². The summed E-state index contributed by atoms with van der Waals surface area (Å²) in [5.41, 5.74) is 3.46. The molecule has 2 N–H and O–H groups in total. The van der Waals surface area contributed by atoms with E-state index in [1.807, 2.05) is 43.3 Å². The SMILES string of the molecule is CCOC(=O)c1[nH]c(C)c(C(O)=C2C(=O)C(=O)N(CCCN(C)C)[C@@H]2c2ccc(C(C)C)cc2)c1C. The molecule has 1 aliphatic heterocycles. The van der Waals surface area contributed by atoms with Gasteiger partial charge in [-0.25, -0.2) is 4.79 Å². The van der Waals surface area contributed by atoms with Crippen molar-refractivity contribution >= 4 is 23.4 Å². The summed E-state index contributed by atoms with van der Waals surface area (Å²) in [5.74, 6) is -1.86. The molecule has 1 aromatic carbocycles. The van der Waals surface area contributed by atoms with Gasteiger partial charge in [0.05, 0.1) is 18.2 Å². The van der Waals surface area contributed by atoms with Gasteiger partial charge in [-0.3, -0.25) is 9.59 Å². The highest BCUT2D eigenvalue weighted by atomic mass is 16.5. The number of carbonyl (C=O) groups is 3. The van der Waals surface area contributed by atoms with Crippen LogP contribution in [0.25, 0.3) is 5.76 Å². The number of hydrogen-bond acceptors (Lipinski definition) is 6. The van der Waals surface area contributed by atoms with Crippen molar-refractivity contribution in [1.29, 1.82) is 0 Å². The summed E-state index contributed by atoms with van der Waals surface area (Å²) < 4.78 is 5.12. The molecule has 0 unspecified atom stereocenters. The average molecular weight is 496 g/mol. The quantitative estimate of drug-likeness (QED) is 0.233. The topological polar surface area (TPSA) is 103 Å². The van der Waals surface area contributed by atoms with Crippen LogP contribution in [0.4, 0.5) is 0 Å². The number of benzene rings is 1. The van der Waals surface area contributed by atoms with Gasteiger partial charge in [0.2, 0.25) is 0 Å². The maximum absolute atomic E-state index is 13.3. The number of aromatic nitrogens is 1. The van der Waals surface area contributed by atoms with Gasteiger partial charge in [-0.05, 0) is 70.4 Å². The summed E-state index contributed by atoms with van der Waals surface area (Å²) >= 11 is 0. The molecule has 0 bridgehead atoms. The number of ether oxygens (including phenoxy) is 1. The van der Waals surface area contributed by atoms with Crippen LogP contribution < -0.4 is 0 Å². The summed E-state index contributed by atoms with van der Waals surface area (Å²) in [6.45, 7) is 10.6. The Labute approximate surface area is 212 Å². The fourth-order valence-corrected chi connectivity index (χ4v) is 4.72. The molecule has 0 saturated carbocycles. The maximum Gasteiger partial charge on any atom is 0.355 e. The van der Waals surface area contributed by atoms with Crippen molar-refractivity contribution < 1.29 is 24.2 Å².